The van der Waals surface area contributed by atoms with Crippen LogP contribution in [0.5, 0.6) is 0 Å². The minimum atomic E-state index is -0.116. The first kappa shape index (κ1) is 21.2. The van der Waals surface area contributed by atoms with Crippen LogP contribution in [0.4, 0.5) is 0 Å². The molecule has 1 aliphatic rings. The molecule has 0 saturated carbocycles. The van der Waals surface area contributed by atoms with Gasteiger partial charge in [-0.3, -0.25) is 14.6 Å². The monoisotopic (exact) mass is 394 g/mol. The quantitative estimate of drug-likeness (QED) is 0.305. The molecule has 1 unspecified atom stereocenters. The Kier molecular flexibility index (Phi) is 9.10. The summed E-state index contributed by atoms with van der Waals surface area (Å²) in [7, 11) is 0. The average molecular weight is 395 g/mol. The van der Waals surface area contributed by atoms with Gasteiger partial charge < -0.3 is 20.3 Å². The average Bonchev–Trinajstić information content (AvgIpc) is 3.22. The zero-order valence-corrected chi connectivity index (χ0v) is 17.0. The van der Waals surface area contributed by atoms with E-state index in [0.717, 1.165) is 43.2 Å². The lowest BCUT2D eigenvalue weighted by atomic mass is 9.98. The van der Waals surface area contributed by atoms with Gasteiger partial charge in [-0.25, -0.2) is 0 Å². The number of nitrogens with one attached hydrogen (secondary N) is 2. The number of carbonyl (C=O) groups is 2. The molecule has 0 radical (unpaired) electrons. The van der Waals surface area contributed by atoms with Crippen molar-refractivity contribution in [2.24, 2.45) is 10.9 Å². The molecule has 0 aliphatic carbocycles. The van der Waals surface area contributed by atoms with Gasteiger partial charge in [-0.05, 0) is 44.6 Å². The fourth-order valence-corrected chi connectivity index (χ4v) is 3.65. The van der Waals surface area contributed by atoms with Crippen LogP contribution in [0.15, 0.2) is 22.5 Å². The fourth-order valence-electron chi connectivity index (χ4n) is 3.01. The Balaban J connectivity index is 1.80. The molecule has 1 saturated heterocycles. The van der Waals surface area contributed by atoms with E-state index in [-0.39, 0.29) is 17.8 Å². The van der Waals surface area contributed by atoms with Crippen LogP contribution in [0.2, 0.25) is 0 Å². The van der Waals surface area contributed by atoms with Gasteiger partial charge in [0, 0.05) is 32.7 Å². The van der Waals surface area contributed by atoms with Gasteiger partial charge in [0.05, 0.1) is 17.4 Å². The van der Waals surface area contributed by atoms with E-state index in [4.69, 9.17) is 4.74 Å². The van der Waals surface area contributed by atoms with Gasteiger partial charge >= 0.3 is 5.97 Å². The van der Waals surface area contributed by atoms with Crippen molar-refractivity contribution in [3.63, 3.8) is 0 Å². The lowest BCUT2D eigenvalue weighted by Gasteiger charge is -2.34. The first-order chi connectivity index (χ1) is 13.2. The number of hydrogen-bond donors (Lipinski definition) is 2. The van der Waals surface area contributed by atoms with Gasteiger partial charge in [0.25, 0.3) is 5.91 Å². The van der Waals surface area contributed by atoms with E-state index < -0.39 is 0 Å². The van der Waals surface area contributed by atoms with E-state index in [1.165, 1.54) is 11.3 Å². The summed E-state index contributed by atoms with van der Waals surface area (Å²) >= 11 is 1.44. The second-order valence-corrected chi connectivity index (χ2v) is 7.31. The molecule has 1 atom stereocenters. The Morgan fingerprint density at radius 2 is 2.22 bits per heavy atom. The summed E-state index contributed by atoms with van der Waals surface area (Å²) in [5.74, 6) is 0.590. The van der Waals surface area contributed by atoms with Crippen molar-refractivity contribution < 1.29 is 14.3 Å². The highest BCUT2D eigenvalue weighted by Crippen LogP contribution is 2.18. The van der Waals surface area contributed by atoms with Crippen LogP contribution in [0.25, 0.3) is 0 Å². The highest BCUT2D eigenvalue weighted by Gasteiger charge is 2.28. The molecule has 1 amide bonds. The van der Waals surface area contributed by atoms with Crippen molar-refractivity contribution >= 4 is 29.2 Å². The van der Waals surface area contributed by atoms with E-state index in [0.29, 0.717) is 26.2 Å². The second kappa shape index (κ2) is 11.6. The molecule has 27 heavy (non-hydrogen) atoms. The molecule has 0 bridgehead atoms. The largest absolute Gasteiger partial charge is 0.466 e. The van der Waals surface area contributed by atoms with Crippen molar-refractivity contribution in [1.29, 1.82) is 0 Å². The van der Waals surface area contributed by atoms with E-state index in [2.05, 4.69) is 20.5 Å². The van der Waals surface area contributed by atoms with Crippen molar-refractivity contribution in [3.8, 4) is 0 Å². The summed E-state index contributed by atoms with van der Waals surface area (Å²) in [6.45, 7) is 7.79. The number of amides is 1. The van der Waals surface area contributed by atoms with Gasteiger partial charge in [-0.2, -0.15) is 0 Å². The third-order valence-electron chi connectivity index (χ3n) is 4.30. The van der Waals surface area contributed by atoms with Gasteiger partial charge in [0.2, 0.25) is 0 Å². The maximum Gasteiger partial charge on any atom is 0.310 e. The third kappa shape index (κ3) is 6.86. The number of carbonyl (C=O) groups excluding carboxylic acids is 2. The summed E-state index contributed by atoms with van der Waals surface area (Å²) in [4.78, 5) is 31.5. The zero-order chi connectivity index (χ0) is 19.5. The summed E-state index contributed by atoms with van der Waals surface area (Å²) in [6, 6.07) is 3.69. The van der Waals surface area contributed by atoms with Crippen molar-refractivity contribution in [2.75, 3.05) is 39.3 Å². The molecule has 2 N–H and O–H groups in total. The number of hydrogen-bond acceptors (Lipinski definition) is 5. The molecule has 7 nitrogen and oxygen atoms in total. The van der Waals surface area contributed by atoms with Crippen LogP contribution in [-0.4, -0.2) is 62.1 Å². The van der Waals surface area contributed by atoms with E-state index in [9.17, 15) is 9.59 Å². The molecule has 2 heterocycles. The van der Waals surface area contributed by atoms with Crippen molar-refractivity contribution in [2.45, 2.75) is 33.1 Å². The molecule has 150 valence electrons. The molecule has 1 aromatic heterocycles. The van der Waals surface area contributed by atoms with Crippen LogP contribution in [0.1, 0.15) is 42.8 Å². The number of thiophene rings is 1. The molecule has 0 spiro atoms. The fraction of sp³-hybridized carbons (Fsp3) is 0.632. The summed E-state index contributed by atoms with van der Waals surface area (Å²) in [5, 5.41) is 8.11. The SMILES string of the molecule is CCNC(=NCCCNC(=O)c1cccs1)N1CCCC(C(=O)OCC)C1. The lowest BCUT2D eigenvalue weighted by Crippen LogP contribution is -2.48. The number of guanidine groups is 1. The standard InChI is InChI=1S/C19H30N4O3S/c1-3-20-19(23-12-5-8-15(14-23)18(25)26-4-2)22-11-7-10-21-17(24)16-9-6-13-27-16/h6,9,13,15H,3-5,7-8,10-12,14H2,1-2H3,(H,20,22)(H,21,24). The summed E-state index contributed by atoms with van der Waals surface area (Å²) in [5.41, 5.74) is 0. The van der Waals surface area contributed by atoms with Crippen LogP contribution < -0.4 is 10.6 Å². The number of ether oxygens (including phenoxy) is 1. The molecule has 1 aliphatic heterocycles. The van der Waals surface area contributed by atoms with Crippen molar-refractivity contribution in [1.82, 2.24) is 15.5 Å². The zero-order valence-electron chi connectivity index (χ0n) is 16.2. The molecule has 8 heteroatoms. The number of piperidine rings is 1. The normalized spacial score (nSPS) is 17.5. The Bertz CT molecular complexity index is 618. The third-order valence-corrected chi connectivity index (χ3v) is 5.17. The van der Waals surface area contributed by atoms with Gasteiger partial charge in [0.15, 0.2) is 5.96 Å². The molecule has 0 aromatic carbocycles. The highest BCUT2D eigenvalue weighted by atomic mass is 32.1. The summed E-state index contributed by atoms with van der Waals surface area (Å²) < 4.78 is 5.17. The molecule has 2 rings (SSSR count). The van der Waals surface area contributed by atoms with Gasteiger partial charge in [0.1, 0.15) is 0 Å². The minimum absolute atomic E-state index is 0.0332. The topological polar surface area (TPSA) is 83.0 Å². The minimum Gasteiger partial charge on any atom is -0.466 e. The maximum absolute atomic E-state index is 12.0. The van der Waals surface area contributed by atoms with Crippen molar-refractivity contribution in [3.05, 3.63) is 22.4 Å². The van der Waals surface area contributed by atoms with Crippen LogP contribution in [0.3, 0.4) is 0 Å². The Hall–Kier alpha value is -2.09. The molecular weight excluding hydrogens is 364 g/mol. The molecule has 1 fully saturated rings. The number of esters is 1. The lowest BCUT2D eigenvalue weighted by molar-refractivity contribution is -0.149. The van der Waals surface area contributed by atoms with Gasteiger partial charge in [-0.15, -0.1) is 11.3 Å². The van der Waals surface area contributed by atoms with E-state index >= 15 is 0 Å². The number of rotatable bonds is 8. The van der Waals surface area contributed by atoms with Gasteiger partial charge in [-0.1, -0.05) is 6.07 Å². The molecule has 1 aromatic rings. The Morgan fingerprint density at radius 3 is 2.93 bits per heavy atom. The number of aliphatic imine (C=N–C) groups is 1. The second-order valence-electron chi connectivity index (χ2n) is 6.36. The summed E-state index contributed by atoms with van der Waals surface area (Å²) in [6.07, 6.45) is 2.58. The predicted octanol–water partition coefficient (Wildman–Crippen LogP) is 2.11. The first-order valence-corrected chi connectivity index (χ1v) is 10.5. The Morgan fingerprint density at radius 1 is 1.37 bits per heavy atom. The predicted molar refractivity (Wildman–Crippen MR) is 108 cm³/mol. The smallest absolute Gasteiger partial charge is 0.310 e. The Labute approximate surface area is 165 Å². The molecular formula is C19H30N4O3S. The number of likely N-dealkylation sites (tertiary alicyclic amines) is 1. The maximum atomic E-state index is 12.0. The van der Waals surface area contributed by atoms with Crippen LogP contribution >= 0.6 is 11.3 Å². The highest BCUT2D eigenvalue weighted by molar-refractivity contribution is 7.12. The van der Waals surface area contributed by atoms with E-state index in [1.54, 1.807) is 0 Å². The van der Waals surface area contributed by atoms with Crippen LogP contribution in [-0.2, 0) is 9.53 Å². The first-order valence-electron chi connectivity index (χ1n) is 9.67. The van der Waals surface area contributed by atoms with E-state index in [1.807, 2.05) is 31.4 Å². The van der Waals surface area contributed by atoms with Crippen LogP contribution in [0, 0.1) is 5.92 Å². The number of nitrogens with zero attached hydrogens (tertiary/aromatic N) is 2.